The van der Waals surface area contributed by atoms with Gasteiger partial charge in [-0.15, -0.1) is 26.6 Å². The summed E-state index contributed by atoms with van der Waals surface area (Å²) in [5, 5.41) is 20.9. The fourth-order valence-corrected chi connectivity index (χ4v) is 5.17. The topological polar surface area (TPSA) is 82.5 Å². The zero-order valence-electron chi connectivity index (χ0n) is 15.3. The van der Waals surface area contributed by atoms with Gasteiger partial charge in [-0.25, -0.2) is 0 Å². The van der Waals surface area contributed by atoms with E-state index in [1.165, 1.54) is 28.6 Å². The number of thiophene rings is 1. The summed E-state index contributed by atoms with van der Waals surface area (Å²) >= 11 is 3.22. The maximum absolute atomic E-state index is 5.89. The minimum Gasteiger partial charge on any atom is -0.410 e. The van der Waals surface area contributed by atoms with Gasteiger partial charge in [0, 0.05) is 4.88 Å². The van der Waals surface area contributed by atoms with Crippen LogP contribution >= 0.6 is 23.1 Å². The molecule has 0 fully saturated rings. The van der Waals surface area contributed by atoms with E-state index in [9.17, 15) is 0 Å². The van der Waals surface area contributed by atoms with Crippen LogP contribution in [0.5, 0.6) is 0 Å². The van der Waals surface area contributed by atoms with E-state index in [4.69, 9.17) is 4.42 Å². The lowest BCUT2D eigenvalue weighted by Crippen LogP contribution is -2.07. The number of benzene rings is 1. The molecule has 0 unspecified atom stereocenters. The van der Waals surface area contributed by atoms with Crippen LogP contribution in [-0.2, 0) is 18.6 Å². The number of para-hydroxylation sites is 1. The van der Waals surface area contributed by atoms with Crippen LogP contribution in [-0.4, -0.2) is 30.4 Å². The largest absolute Gasteiger partial charge is 0.410 e. The summed E-state index contributed by atoms with van der Waals surface area (Å²) < 4.78 is 7.61. The highest BCUT2D eigenvalue weighted by Gasteiger charge is 2.21. The van der Waals surface area contributed by atoms with Gasteiger partial charge in [0.15, 0.2) is 5.82 Å². The minimum atomic E-state index is 0.525. The molecular weight excluding hydrogens is 392 g/mol. The third-order valence-corrected chi connectivity index (χ3v) is 6.85. The average Bonchev–Trinajstić information content (AvgIpc) is 3.45. The molecule has 0 spiro atoms. The van der Waals surface area contributed by atoms with Crippen molar-refractivity contribution in [1.29, 1.82) is 0 Å². The van der Waals surface area contributed by atoms with Gasteiger partial charge in [0.05, 0.1) is 16.3 Å². The number of aryl methyl sites for hydroxylation is 1. The summed E-state index contributed by atoms with van der Waals surface area (Å²) in [6.07, 6.45) is 3.55. The molecule has 1 atom stereocenters. The molecule has 142 valence electrons. The Kier molecular flexibility index (Phi) is 4.69. The second-order valence-electron chi connectivity index (χ2n) is 6.91. The first-order valence-corrected chi connectivity index (χ1v) is 11.0. The van der Waals surface area contributed by atoms with Crippen LogP contribution in [0.1, 0.15) is 29.6 Å². The summed E-state index contributed by atoms with van der Waals surface area (Å²) in [6.45, 7) is 2.31. The molecule has 3 aromatic heterocycles. The van der Waals surface area contributed by atoms with Crippen LogP contribution in [0.3, 0.4) is 0 Å². The second kappa shape index (κ2) is 7.48. The third-order valence-electron chi connectivity index (χ3n) is 4.81. The molecule has 0 saturated carbocycles. The van der Waals surface area contributed by atoms with Crippen molar-refractivity contribution >= 4 is 23.1 Å². The second-order valence-corrected chi connectivity index (χ2v) is 8.97. The van der Waals surface area contributed by atoms with E-state index in [1.807, 2.05) is 30.3 Å². The Morgan fingerprint density at radius 3 is 3.00 bits per heavy atom. The summed E-state index contributed by atoms with van der Waals surface area (Å²) in [7, 11) is 0. The van der Waals surface area contributed by atoms with Crippen molar-refractivity contribution in [2.45, 2.75) is 37.2 Å². The van der Waals surface area contributed by atoms with E-state index in [0.29, 0.717) is 16.9 Å². The van der Waals surface area contributed by atoms with Crippen molar-refractivity contribution in [3.8, 4) is 16.5 Å². The Labute approximate surface area is 170 Å². The first-order valence-electron chi connectivity index (χ1n) is 9.17. The summed E-state index contributed by atoms with van der Waals surface area (Å²) in [6, 6.07) is 12.0. The van der Waals surface area contributed by atoms with Gasteiger partial charge in [-0.05, 0) is 59.4 Å². The molecule has 0 N–H and O–H groups in total. The molecule has 28 heavy (non-hydrogen) atoms. The van der Waals surface area contributed by atoms with Gasteiger partial charge in [-0.2, -0.15) is 4.68 Å². The number of nitrogens with zero attached hydrogens (tertiary/aromatic N) is 6. The van der Waals surface area contributed by atoms with E-state index in [2.05, 4.69) is 38.7 Å². The molecule has 0 bridgehead atoms. The highest BCUT2D eigenvalue weighted by atomic mass is 32.2. The number of fused-ring (bicyclic) bond motifs is 1. The smallest absolute Gasteiger partial charge is 0.277 e. The van der Waals surface area contributed by atoms with Gasteiger partial charge < -0.3 is 4.42 Å². The van der Waals surface area contributed by atoms with Crippen molar-refractivity contribution in [3.63, 3.8) is 0 Å². The van der Waals surface area contributed by atoms with Gasteiger partial charge in [-0.3, -0.25) is 0 Å². The van der Waals surface area contributed by atoms with Crippen molar-refractivity contribution in [2.75, 3.05) is 0 Å². The lowest BCUT2D eigenvalue weighted by atomic mass is 9.90. The third kappa shape index (κ3) is 3.47. The number of rotatable bonds is 5. The molecule has 9 heteroatoms. The maximum atomic E-state index is 5.89. The molecule has 4 aromatic rings. The summed E-state index contributed by atoms with van der Waals surface area (Å²) in [5.41, 5.74) is 2.36. The van der Waals surface area contributed by atoms with Gasteiger partial charge in [0.2, 0.25) is 0 Å². The highest BCUT2D eigenvalue weighted by molar-refractivity contribution is 7.98. The molecule has 7 nitrogen and oxygen atoms in total. The highest BCUT2D eigenvalue weighted by Crippen LogP contribution is 2.37. The van der Waals surface area contributed by atoms with Crippen LogP contribution in [0.25, 0.3) is 16.5 Å². The molecule has 1 aromatic carbocycles. The van der Waals surface area contributed by atoms with E-state index in [-0.39, 0.29) is 0 Å². The van der Waals surface area contributed by atoms with Crippen molar-refractivity contribution in [3.05, 3.63) is 52.7 Å². The molecule has 0 amide bonds. The first kappa shape index (κ1) is 17.6. The number of hydrogen-bond donors (Lipinski definition) is 0. The Morgan fingerprint density at radius 1 is 1.21 bits per heavy atom. The predicted molar refractivity (Wildman–Crippen MR) is 108 cm³/mol. The molecule has 5 rings (SSSR count). The molecule has 0 saturated heterocycles. The molecular formula is C19H18N6OS2. The fraction of sp³-hybridized carbons (Fsp3) is 0.316. The Balaban J connectivity index is 1.30. The van der Waals surface area contributed by atoms with Crippen molar-refractivity contribution in [2.24, 2.45) is 5.92 Å². The normalized spacial score (nSPS) is 16.2. The monoisotopic (exact) mass is 410 g/mol. The first-order chi connectivity index (χ1) is 13.8. The Hall–Kier alpha value is -2.52. The Morgan fingerprint density at radius 2 is 2.11 bits per heavy atom. The van der Waals surface area contributed by atoms with E-state index < -0.39 is 0 Å². The van der Waals surface area contributed by atoms with Gasteiger partial charge in [0.25, 0.3) is 11.1 Å². The molecule has 3 heterocycles. The van der Waals surface area contributed by atoms with E-state index in [1.54, 1.807) is 16.0 Å². The lowest BCUT2D eigenvalue weighted by Gasteiger charge is -2.16. The average molecular weight is 411 g/mol. The number of aromatic nitrogens is 6. The minimum absolute atomic E-state index is 0.525. The van der Waals surface area contributed by atoms with Gasteiger partial charge in [-0.1, -0.05) is 36.9 Å². The predicted octanol–water partition coefficient (Wildman–Crippen LogP) is 4.19. The zero-order chi connectivity index (χ0) is 18.9. The summed E-state index contributed by atoms with van der Waals surface area (Å²) in [5.74, 6) is 2.62. The Bertz CT molecular complexity index is 1090. The molecule has 1 aliphatic carbocycles. The number of tetrazole rings is 1. The fourth-order valence-electron chi connectivity index (χ4n) is 3.37. The van der Waals surface area contributed by atoms with Crippen molar-refractivity contribution < 1.29 is 4.42 Å². The number of hydrogen-bond acceptors (Lipinski definition) is 8. The van der Waals surface area contributed by atoms with E-state index >= 15 is 0 Å². The van der Waals surface area contributed by atoms with Crippen molar-refractivity contribution in [1.82, 2.24) is 30.4 Å². The zero-order valence-corrected chi connectivity index (χ0v) is 16.9. The standard InChI is InChI=1S/C19H18N6OS2/c1-12-7-8-15-13(9-12)10-16(28-15)18-21-22-19(26-18)27-11-17-20-23-24-25(17)14-5-3-2-4-6-14/h2-6,10,12H,7-9,11H2,1H3/t12-/m1/s1. The number of thioether (sulfide) groups is 1. The SMILES string of the molecule is C[C@@H]1CCc2sc(-c3nnc(SCc4nnnn4-c4ccccc4)o3)cc2C1. The van der Waals surface area contributed by atoms with E-state index in [0.717, 1.165) is 35.1 Å². The quantitative estimate of drug-likeness (QED) is 0.456. The van der Waals surface area contributed by atoms with Gasteiger partial charge >= 0.3 is 0 Å². The van der Waals surface area contributed by atoms with Crippen LogP contribution < -0.4 is 0 Å². The summed E-state index contributed by atoms with van der Waals surface area (Å²) in [4.78, 5) is 2.52. The van der Waals surface area contributed by atoms with Gasteiger partial charge in [0.1, 0.15) is 0 Å². The van der Waals surface area contributed by atoms with Crippen LogP contribution in [0, 0.1) is 5.92 Å². The maximum Gasteiger partial charge on any atom is 0.277 e. The molecule has 0 radical (unpaired) electrons. The molecule has 1 aliphatic rings. The lowest BCUT2D eigenvalue weighted by molar-refractivity contribution is 0.466. The van der Waals surface area contributed by atoms with Crippen LogP contribution in [0.2, 0.25) is 0 Å². The molecule has 0 aliphatic heterocycles. The van der Waals surface area contributed by atoms with Crippen LogP contribution in [0.15, 0.2) is 46.0 Å². The van der Waals surface area contributed by atoms with Crippen LogP contribution in [0.4, 0.5) is 0 Å².